The minimum Gasteiger partial charge on any atom is -0.343 e. The Labute approximate surface area is 55.0 Å². The maximum absolute atomic E-state index is 10.2. The number of carbonyl (C=O) groups excluding carboxylic acids is 1. The summed E-state index contributed by atoms with van der Waals surface area (Å²) >= 11 is -2.49. The van der Waals surface area contributed by atoms with E-state index in [2.05, 4.69) is 10.8 Å². The molecule has 0 fully saturated rings. The van der Waals surface area contributed by atoms with Gasteiger partial charge in [-0.15, -0.1) is 6.58 Å². The molecule has 5 heteroatoms. The van der Waals surface area contributed by atoms with Gasteiger partial charge in [-0.3, -0.25) is 9.35 Å². The van der Waals surface area contributed by atoms with Crippen molar-refractivity contribution in [3.8, 4) is 0 Å². The van der Waals surface area contributed by atoms with Crippen LogP contribution in [0.2, 0.25) is 0 Å². The third kappa shape index (κ3) is 5.19. The summed E-state index contributed by atoms with van der Waals surface area (Å²) in [6.45, 7) is 3.23. The molecular formula is C4H6O4S. The van der Waals surface area contributed by atoms with E-state index >= 15 is 0 Å². The molecule has 0 bridgehead atoms. The Kier molecular flexibility index (Phi) is 3.90. The molecule has 0 radical (unpaired) electrons. The molecule has 0 rings (SSSR count). The molecule has 0 aliphatic carbocycles. The van der Waals surface area contributed by atoms with Crippen molar-refractivity contribution in [1.29, 1.82) is 0 Å². The molecule has 0 aliphatic rings. The van der Waals surface area contributed by atoms with Crippen LogP contribution in [0.3, 0.4) is 0 Å². The summed E-state index contributed by atoms with van der Waals surface area (Å²) in [5.74, 6) is -0.758. The standard InChI is InChI=1S/C4H6O4S/c1-2-3-4(5)8-9(6)7/h2H,1,3H2,(H,6,7). The first-order chi connectivity index (χ1) is 4.16. The second-order valence-corrected chi connectivity index (χ2v) is 1.77. The Morgan fingerprint density at radius 2 is 2.44 bits per heavy atom. The first kappa shape index (κ1) is 8.32. The molecule has 0 aromatic rings. The number of hydrogen-bond acceptors (Lipinski definition) is 3. The van der Waals surface area contributed by atoms with Gasteiger partial charge in [-0.05, 0) is 0 Å². The fourth-order valence-corrected chi connectivity index (χ4v) is 0.458. The zero-order chi connectivity index (χ0) is 7.28. The molecule has 9 heavy (non-hydrogen) atoms. The highest BCUT2D eigenvalue weighted by atomic mass is 32.2. The molecule has 0 saturated heterocycles. The average Bonchev–Trinajstić information content (AvgIpc) is 1.63. The Balaban J connectivity index is 3.50. The summed E-state index contributed by atoms with van der Waals surface area (Å²) in [4.78, 5) is 10.2. The minimum absolute atomic E-state index is 0.0493. The molecule has 1 unspecified atom stereocenters. The Hall–Kier alpha value is -0.680. The van der Waals surface area contributed by atoms with Crippen LogP contribution in [-0.2, 0) is 20.3 Å². The maximum atomic E-state index is 10.2. The first-order valence-corrected chi connectivity index (χ1v) is 3.13. The van der Waals surface area contributed by atoms with E-state index in [1.54, 1.807) is 0 Å². The molecule has 0 spiro atoms. The maximum Gasteiger partial charge on any atom is 0.360 e. The third-order valence-corrected chi connectivity index (χ3v) is 0.804. The molecule has 0 aromatic carbocycles. The molecule has 0 saturated carbocycles. The van der Waals surface area contributed by atoms with E-state index in [1.165, 1.54) is 6.08 Å². The monoisotopic (exact) mass is 150 g/mol. The summed E-state index contributed by atoms with van der Waals surface area (Å²) in [6, 6.07) is 0. The van der Waals surface area contributed by atoms with Crippen LogP contribution in [0.5, 0.6) is 0 Å². The van der Waals surface area contributed by atoms with E-state index in [1.807, 2.05) is 0 Å². The highest BCUT2D eigenvalue weighted by Crippen LogP contribution is 1.87. The topological polar surface area (TPSA) is 63.6 Å². The Morgan fingerprint density at radius 3 is 2.78 bits per heavy atom. The molecule has 0 amide bonds. The first-order valence-electron chi connectivity index (χ1n) is 2.09. The smallest absolute Gasteiger partial charge is 0.343 e. The Bertz CT molecular complexity index is 142. The van der Waals surface area contributed by atoms with Gasteiger partial charge in [0, 0.05) is 0 Å². The zero-order valence-corrected chi connectivity index (χ0v) is 5.39. The van der Waals surface area contributed by atoms with Gasteiger partial charge in [0.25, 0.3) is 0 Å². The second kappa shape index (κ2) is 4.22. The van der Waals surface area contributed by atoms with Gasteiger partial charge >= 0.3 is 17.3 Å². The highest BCUT2D eigenvalue weighted by molar-refractivity contribution is 7.74. The molecule has 52 valence electrons. The SMILES string of the molecule is C=CCC(=O)OS(=O)O. The van der Waals surface area contributed by atoms with Gasteiger partial charge in [-0.2, -0.15) is 4.21 Å². The quantitative estimate of drug-likeness (QED) is 0.462. The largest absolute Gasteiger partial charge is 0.360 e. The predicted molar refractivity (Wildman–Crippen MR) is 31.7 cm³/mol. The van der Waals surface area contributed by atoms with Crippen molar-refractivity contribution < 1.29 is 17.7 Å². The molecule has 4 nitrogen and oxygen atoms in total. The second-order valence-electron chi connectivity index (χ2n) is 1.17. The number of hydrogen-bond donors (Lipinski definition) is 1. The number of rotatable bonds is 3. The van der Waals surface area contributed by atoms with Crippen LogP contribution in [0.4, 0.5) is 0 Å². The normalized spacial score (nSPS) is 12.1. The van der Waals surface area contributed by atoms with E-state index in [0.29, 0.717) is 0 Å². The van der Waals surface area contributed by atoms with Crippen LogP contribution in [-0.4, -0.2) is 14.7 Å². The van der Waals surface area contributed by atoms with E-state index in [9.17, 15) is 9.00 Å². The highest BCUT2D eigenvalue weighted by Gasteiger charge is 2.01. The summed E-state index contributed by atoms with van der Waals surface area (Å²) in [5, 5.41) is 0. The predicted octanol–water partition coefficient (Wildman–Crippen LogP) is 0.242. The fraction of sp³-hybridized carbons (Fsp3) is 0.250. The molecule has 0 heterocycles. The lowest BCUT2D eigenvalue weighted by Gasteiger charge is -1.91. The number of carbonyl (C=O) groups is 1. The third-order valence-electron chi connectivity index (χ3n) is 0.475. The van der Waals surface area contributed by atoms with Gasteiger partial charge in [-0.1, -0.05) is 6.08 Å². The van der Waals surface area contributed by atoms with Crippen molar-refractivity contribution in [3.05, 3.63) is 12.7 Å². The van der Waals surface area contributed by atoms with Gasteiger partial charge in [-0.25, -0.2) is 0 Å². The van der Waals surface area contributed by atoms with Gasteiger partial charge in [0.15, 0.2) is 0 Å². The fourth-order valence-electron chi connectivity index (χ4n) is 0.231. The van der Waals surface area contributed by atoms with Gasteiger partial charge < -0.3 is 4.18 Å². The van der Waals surface area contributed by atoms with E-state index in [-0.39, 0.29) is 6.42 Å². The molecule has 1 atom stereocenters. The summed E-state index contributed by atoms with van der Waals surface area (Å²) in [7, 11) is 0. The van der Waals surface area contributed by atoms with Crippen LogP contribution in [0.15, 0.2) is 12.7 Å². The lowest BCUT2D eigenvalue weighted by atomic mass is 10.4. The van der Waals surface area contributed by atoms with Gasteiger partial charge in [0.2, 0.25) is 0 Å². The van der Waals surface area contributed by atoms with Crippen LogP contribution in [0.1, 0.15) is 6.42 Å². The van der Waals surface area contributed by atoms with E-state index in [4.69, 9.17) is 4.55 Å². The van der Waals surface area contributed by atoms with Crippen molar-refractivity contribution in [3.63, 3.8) is 0 Å². The molecular weight excluding hydrogens is 144 g/mol. The Morgan fingerprint density at radius 1 is 1.89 bits per heavy atom. The van der Waals surface area contributed by atoms with E-state index in [0.717, 1.165) is 0 Å². The van der Waals surface area contributed by atoms with Crippen LogP contribution in [0.25, 0.3) is 0 Å². The minimum atomic E-state index is -2.49. The van der Waals surface area contributed by atoms with Crippen molar-refractivity contribution in [1.82, 2.24) is 0 Å². The molecule has 0 aromatic heterocycles. The summed E-state index contributed by atoms with van der Waals surface area (Å²) in [5.41, 5.74) is 0. The summed E-state index contributed by atoms with van der Waals surface area (Å²) in [6.07, 6.45) is 1.24. The lowest BCUT2D eigenvalue weighted by molar-refractivity contribution is -0.132. The van der Waals surface area contributed by atoms with E-state index < -0.39 is 17.3 Å². The molecule has 1 N–H and O–H groups in total. The van der Waals surface area contributed by atoms with Gasteiger partial charge in [0.05, 0.1) is 6.42 Å². The van der Waals surface area contributed by atoms with Crippen molar-refractivity contribution >= 4 is 17.3 Å². The van der Waals surface area contributed by atoms with Crippen LogP contribution in [0, 0.1) is 0 Å². The van der Waals surface area contributed by atoms with Crippen LogP contribution >= 0.6 is 0 Å². The van der Waals surface area contributed by atoms with Crippen molar-refractivity contribution in [2.45, 2.75) is 6.42 Å². The van der Waals surface area contributed by atoms with Gasteiger partial charge in [0.1, 0.15) is 0 Å². The molecule has 0 aliphatic heterocycles. The summed E-state index contributed by atoms with van der Waals surface area (Å²) < 4.78 is 21.5. The zero-order valence-electron chi connectivity index (χ0n) is 4.57. The van der Waals surface area contributed by atoms with Crippen LogP contribution < -0.4 is 0 Å². The van der Waals surface area contributed by atoms with Crippen molar-refractivity contribution in [2.75, 3.05) is 0 Å². The lowest BCUT2D eigenvalue weighted by Crippen LogP contribution is -2.04. The average molecular weight is 150 g/mol. The van der Waals surface area contributed by atoms with Crippen molar-refractivity contribution in [2.24, 2.45) is 0 Å².